The van der Waals surface area contributed by atoms with Crippen LogP contribution in [0.1, 0.15) is 63.1 Å². The van der Waals surface area contributed by atoms with E-state index in [1.165, 1.54) is 11.1 Å². The molecule has 0 atom stereocenters. The van der Waals surface area contributed by atoms with E-state index in [1.54, 1.807) is 6.20 Å². The van der Waals surface area contributed by atoms with Crippen LogP contribution in [0.15, 0.2) is 73.1 Å². The zero-order chi connectivity index (χ0) is 25.9. The van der Waals surface area contributed by atoms with Gasteiger partial charge in [0.15, 0.2) is 0 Å². The SMILES string of the molecule is CC(C)(C)c1ccc(CN2CCC3(CCN(C(=O)CCc4cccnc4)CC3)Oc3ccccc32)cc1. The van der Waals surface area contributed by atoms with E-state index in [-0.39, 0.29) is 16.9 Å². The Kier molecular flexibility index (Phi) is 7.23. The van der Waals surface area contributed by atoms with Crippen LogP contribution in [0, 0.1) is 0 Å². The minimum Gasteiger partial charge on any atom is -0.485 e. The van der Waals surface area contributed by atoms with E-state index >= 15 is 0 Å². The number of aryl methyl sites for hydroxylation is 1. The van der Waals surface area contributed by atoms with E-state index < -0.39 is 0 Å². The van der Waals surface area contributed by atoms with E-state index in [1.807, 2.05) is 23.2 Å². The number of hydrogen-bond donors (Lipinski definition) is 0. The molecule has 5 rings (SSSR count). The van der Waals surface area contributed by atoms with Crippen LogP contribution in [0.25, 0.3) is 0 Å². The first-order valence-electron chi connectivity index (χ1n) is 13.6. The quantitative estimate of drug-likeness (QED) is 0.423. The van der Waals surface area contributed by atoms with Gasteiger partial charge in [0.25, 0.3) is 0 Å². The molecule has 0 N–H and O–H groups in total. The highest BCUT2D eigenvalue weighted by molar-refractivity contribution is 5.76. The Balaban J connectivity index is 1.24. The lowest BCUT2D eigenvalue weighted by atomic mass is 9.86. The van der Waals surface area contributed by atoms with Crippen LogP contribution in [0.5, 0.6) is 5.75 Å². The van der Waals surface area contributed by atoms with E-state index in [9.17, 15) is 4.79 Å². The van der Waals surface area contributed by atoms with Gasteiger partial charge in [0.2, 0.25) is 5.91 Å². The van der Waals surface area contributed by atoms with Crippen LogP contribution in [-0.4, -0.2) is 41.0 Å². The maximum atomic E-state index is 12.9. The van der Waals surface area contributed by atoms with Crippen molar-refractivity contribution in [3.63, 3.8) is 0 Å². The fourth-order valence-electron chi connectivity index (χ4n) is 5.51. The van der Waals surface area contributed by atoms with Gasteiger partial charge in [-0.3, -0.25) is 9.78 Å². The van der Waals surface area contributed by atoms with Gasteiger partial charge in [-0.1, -0.05) is 63.2 Å². The summed E-state index contributed by atoms with van der Waals surface area (Å²) >= 11 is 0. The van der Waals surface area contributed by atoms with Crippen molar-refractivity contribution >= 4 is 11.6 Å². The third-order valence-corrected chi connectivity index (χ3v) is 7.94. The second-order valence-corrected chi connectivity index (χ2v) is 11.6. The lowest BCUT2D eigenvalue weighted by Gasteiger charge is -2.41. The number of pyridine rings is 1. The molecule has 0 saturated carbocycles. The van der Waals surface area contributed by atoms with E-state index in [0.717, 1.165) is 68.9 Å². The molecule has 3 heterocycles. The van der Waals surface area contributed by atoms with Crippen molar-refractivity contribution < 1.29 is 9.53 Å². The Bertz CT molecular complexity index is 1190. The van der Waals surface area contributed by atoms with E-state index in [0.29, 0.717) is 6.42 Å². The summed E-state index contributed by atoms with van der Waals surface area (Å²) < 4.78 is 6.79. The van der Waals surface area contributed by atoms with Crippen LogP contribution < -0.4 is 9.64 Å². The molecule has 0 aliphatic carbocycles. The number of fused-ring (bicyclic) bond motifs is 1. The minimum absolute atomic E-state index is 0.156. The number of piperidine rings is 1. The smallest absolute Gasteiger partial charge is 0.222 e. The number of ether oxygens (including phenoxy) is 1. The molecule has 1 saturated heterocycles. The molecule has 2 aliphatic heterocycles. The Morgan fingerprint density at radius 2 is 1.65 bits per heavy atom. The standard InChI is InChI=1S/C32H39N3O2/c1-31(2,3)27-13-10-26(11-14-27)24-35-22-18-32(37-29-9-5-4-8-28(29)35)16-20-34(21-17-32)30(36)15-12-25-7-6-19-33-23-25/h4-11,13-14,19,23H,12,15-18,20-22,24H2,1-3H3. The molecule has 2 aliphatic rings. The normalized spacial score (nSPS) is 17.2. The number of nitrogens with zero attached hydrogens (tertiary/aromatic N) is 3. The Hall–Kier alpha value is -3.34. The summed E-state index contributed by atoms with van der Waals surface area (Å²) in [6.07, 6.45) is 7.58. The summed E-state index contributed by atoms with van der Waals surface area (Å²) in [7, 11) is 0. The zero-order valence-corrected chi connectivity index (χ0v) is 22.5. The van der Waals surface area contributed by atoms with Gasteiger partial charge in [-0.25, -0.2) is 0 Å². The summed E-state index contributed by atoms with van der Waals surface area (Å²) in [6, 6.07) is 21.4. The van der Waals surface area contributed by atoms with Gasteiger partial charge >= 0.3 is 0 Å². The predicted octanol–water partition coefficient (Wildman–Crippen LogP) is 6.16. The molecule has 0 unspecified atom stereocenters. The van der Waals surface area contributed by atoms with Gasteiger partial charge < -0.3 is 14.5 Å². The first kappa shape index (κ1) is 25.3. The van der Waals surface area contributed by atoms with Crippen LogP contribution in [0.2, 0.25) is 0 Å². The van der Waals surface area contributed by atoms with Crippen molar-refractivity contribution in [2.45, 2.75) is 70.4 Å². The molecule has 194 valence electrons. The first-order chi connectivity index (χ1) is 17.8. The molecule has 5 nitrogen and oxygen atoms in total. The molecule has 2 aromatic carbocycles. The molecule has 0 radical (unpaired) electrons. The molecule has 37 heavy (non-hydrogen) atoms. The number of benzene rings is 2. The van der Waals surface area contributed by atoms with Crippen molar-refractivity contribution in [1.82, 2.24) is 9.88 Å². The molecular formula is C32H39N3O2. The fourth-order valence-corrected chi connectivity index (χ4v) is 5.51. The zero-order valence-electron chi connectivity index (χ0n) is 22.5. The van der Waals surface area contributed by atoms with Crippen molar-refractivity contribution in [2.24, 2.45) is 0 Å². The Labute approximate surface area is 221 Å². The van der Waals surface area contributed by atoms with E-state index in [2.05, 4.69) is 79.2 Å². The molecule has 1 aromatic heterocycles. The van der Waals surface area contributed by atoms with Gasteiger partial charge in [-0.05, 0) is 46.7 Å². The minimum atomic E-state index is -0.221. The molecule has 0 bridgehead atoms. The second kappa shape index (κ2) is 10.6. The second-order valence-electron chi connectivity index (χ2n) is 11.6. The van der Waals surface area contributed by atoms with Crippen LogP contribution in [0.3, 0.4) is 0 Å². The summed E-state index contributed by atoms with van der Waals surface area (Å²) in [5.74, 6) is 1.19. The predicted molar refractivity (Wildman–Crippen MR) is 149 cm³/mol. The molecule has 1 fully saturated rings. The number of carbonyl (C=O) groups excluding carboxylic acids is 1. The molecule has 1 amide bonds. The molecule has 5 heteroatoms. The fraction of sp³-hybridized carbons (Fsp3) is 0.438. The number of likely N-dealkylation sites (tertiary alicyclic amines) is 1. The molecule has 1 spiro atoms. The maximum Gasteiger partial charge on any atom is 0.222 e. The van der Waals surface area contributed by atoms with Gasteiger partial charge in [0.05, 0.1) is 5.69 Å². The highest BCUT2D eigenvalue weighted by Crippen LogP contribution is 2.41. The maximum absolute atomic E-state index is 12.9. The van der Waals surface area contributed by atoms with E-state index in [4.69, 9.17) is 4.74 Å². The van der Waals surface area contributed by atoms with Crippen LogP contribution >= 0.6 is 0 Å². The first-order valence-corrected chi connectivity index (χ1v) is 13.6. The largest absolute Gasteiger partial charge is 0.485 e. The van der Waals surface area contributed by atoms with Crippen LogP contribution in [-0.2, 0) is 23.2 Å². The number of para-hydroxylation sites is 2. The number of amides is 1. The Morgan fingerprint density at radius 3 is 2.35 bits per heavy atom. The van der Waals surface area contributed by atoms with Gasteiger partial charge in [-0.2, -0.15) is 0 Å². The van der Waals surface area contributed by atoms with Crippen LogP contribution in [0.4, 0.5) is 5.69 Å². The van der Waals surface area contributed by atoms with Gasteiger partial charge in [0, 0.05) is 64.3 Å². The van der Waals surface area contributed by atoms with Crippen molar-refractivity contribution in [3.05, 3.63) is 89.7 Å². The van der Waals surface area contributed by atoms with Gasteiger partial charge in [0.1, 0.15) is 11.4 Å². The Morgan fingerprint density at radius 1 is 0.919 bits per heavy atom. The van der Waals surface area contributed by atoms with Crippen molar-refractivity contribution in [2.75, 3.05) is 24.5 Å². The number of aromatic nitrogens is 1. The van der Waals surface area contributed by atoms with Crippen molar-refractivity contribution in [1.29, 1.82) is 0 Å². The molecule has 3 aromatic rings. The lowest BCUT2D eigenvalue weighted by Crippen LogP contribution is -2.50. The number of carbonyl (C=O) groups is 1. The van der Waals surface area contributed by atoms with Gasteiger partial charge in [-0.15, -0.1) is 0 Å². The molecular weight excluding hydrogens is 458 g/mol. The highest BCUT2D eigenvalue weighted by atomic mass is 16.5. The lowest BCUT2D eigenvalue weighted by molar-refractivity contribution is -0.134. The summed E-state index contributed by atoms with van der Waals surface area (Å²) in [4.78, 5) is 21.6. The summed E-state index contributed by atoms with van der Waals surface area (Å²) in [5.41, 5.74) is 4.88. The highest BCUT2D eigenvalue weighted by Gasteiger charge is 2.40. The average molecular weight is 498 g/mol. The third-order valence-electron chi connectivity index (χ3n) is 7.94. The average Bonchev–Trinajstić information content (AvgIpc) is 3.05. The number of rotatable bonds is 5. The summed E-state index contributed by atoms with van der Waals surface area (Å²) in [6.45, 7) is 10.1. The third kappa shape index (κ3) is 5.98. The monoisotopic (exact) mass is 497 g/mol. The number of anilines is 1. The topological polar surface area (TPSA) is 45.7 Å². The number of hydrogen-bond acceptors (Lipinski definition) is 4. The van der Waals surface area contributed by atoms with Crippen molar-refractivity contribution in [3.8, 4) is 5.75 Å². The summed E-state index contributed by atoms with van der Waals surface area (Å²) in [5, 5.41) is 0.